The van der Waals surface area contributed by atoms with E-state index < -0.39 is 10.0 Å². The number of nitrogens with zero attached hydrogens (tertiary/aromatic N) is 5. The van der Waals surface area contributed by atoms with Crippen LogP contribution in [0.3, 0.4) is 0 Å². The Morgan fingerprint density at radius 1 is 0.857 bits per heavy atom. The molecule has 1 aliphatic heterocycles. The largest absolute Gasteiger partial charge is 0.293 e. The molecule has 4 aromatic rings. The maximum absolute atomic E-state index is 13.4. The van der Waals surface area contributed by atoms with E-state index in [1.807, 2.05) is 51.1 Å². The molecule has 7 nitrogen and oxygen atoms in total. The van der Waals surface area contributed by atoms with E-state index in [1.165, 1.54) is 5.56 Å². The lowest BCUT2D eigenvalue weighted by atomic mass is 10.1. The van der Waals surface area contributed by atoms with E-state index in [0.29, 0.717) is 37.6 Å². The number of hydrogen-bond donors (Lipinski definition) is 0. The molecule has 35 heavy (non-hydrogen) atoms. The van der Waals surface area contributed by atoms with Gasteiger partial charge in [0.25, 0.3) is 0 Å². The van der Waals surface area contributed by atoms with E-state index in [1.54, 1.807) is 10.5 Å². The number of fused-ring (bicyclic) bond motifs is 1. The summed E-state index contributed by atoms with van der Waals surface area (Å²) in [5, 5.41) is 0. The number of imidazole rings is 1. The first kappa shape index (κ1) is 23.7. The van der Waals surface area contributed by atoms with Crippen molar-refractivity contribution < 1.29 is 8.42 Å². The Bertz CT molecular complexity index is 1500. The van der Waals surface area contributed by atoms with Crippen LogP contribution in [0, 0.1) is 27.7 Å². The van der Waals surface area contributed by atoms with E-state index in [2.05, 4.69) is 39.6 Å². The first-order chi connectivity index (χ1) is 16.7. The van der Waals surface area contributed by atoms with Crippen LogP contribution < -0.4 is 0 Å². The quantitative estimate of drug-likeness (QED) is 0.421. The molecular weight excluding hydrogens is 458 g/mol. The minimum atomic E-state index is -3.53. The van der Waals surface area contributed by atoms with E-state index in [0.717, 1.165) is 39.4 Å². The number of aryl methyl sites for hydroxylation is 4. The number of sulfonamides is 1. The zero-order valence-electron chi connectivity index (χ0n) is 20.7. The van der Waals surface area contributed by atoms with Crippen molar-refractivity contribution in [2.24, 2.45) is 0 Å². The van der Waals surface area contributed by atoms with Crippen LogP contribution in [0.4, 0.5) is 0 Å². The lowest BCUT2D eigenvalue weighted by Crippen LogP contribution is -2.48. The van der Waals surface area contributed by atoms with E-state index in [9.17, 15) is 8.42 Å². The maximum Gasteiger partial charge on any atom is 0.243 e. The highest BCUT2D eigenvalue weighted by molar-refractivity contribution is 7.89. The first-order valence-corrected chi connectivity index (χ1v) is 13.4. The number of rotatable bonds is 5. The van der Waals surface area contributed by atoms with Crippen LogP contribution in [0.5, 0.6) is 0 Å². The SMILES string of the molecule is Cc1cccc(-n2c(CN3CCN(S(=O)(=O)c4cc(C)c(C)cc4C)CC3)nc3cccnc32)c1. The van der Waals surface area contributed by atoms with Gasteiger partial charge in [-0.2, -0.15) is 4.31 Å². The summed E-state index contributed by atoms with van der Waals surface area (Å²) in [6, 6.07) is 16.0. The lowest BCUT2D eigenvalue weighted by molar-refractivity contribution is 0.177. The van der Waals surface area contributed by atoms with Gasteiger partial charge >= 0.3 is 0 Å². The van der Waals surface area contributed by atoms with E-state index in [-0.39, 0.29) is 0 Å². The van der Waals surface area contributed by atoms with Gasteiger partial charge in [-0.3, -0.25) is 9.47 Å². The molecule has 3 heterocycles. The molecule has 182 valence electrons. The molecule has 1 saturated heterocycles. The Morgan fingerprint density at radius 2 is 1.60 bits per heavy atom. The van der Waals surface area contributed by atoms with Crippen LogP contribution in [-0.2, 0) is 16.6 Å². The van der Waals surface area contributed by atoms with Crippen LogP contribution in [0.2, 0.25) is 0 Å². The summed E-state index contributed by atoms with van der Waals surface area (Å²) in [5.41, 5.74) is 6.80. The van der Waals surface area contributed by atoms with Crippen molar-refractivity contribution in [3.8, 4) is 5.69 Å². The Balaban J connectivity index is 1.38. The van der Waals surface area contributed by atoms with Crippen molar-refractivity contribution in [3.63, 3.8) is 0 Å². The van der Waals surface area contributed by atoms with Gasteiger partial charge in [0.2, 0.25) is 10.0 Å². The fraction of sp³-hybridized carbons (Fsp3) is 0.333. The lowest BCUT2D eigenvalue weighted by Gasteiger charge is -2.34. The topological polar surface area (TPSA) is 71.3 Å². The fourth-order valence-electron chi connectivity index (χ4n) is 4.78. The number of hydrogen-bond acceptors (Lipinski definition) is 5. The second kappa shape index (κ2) is 9.18. The summed E-state index contributed by atoms with van der Waals surface area (Å²) in [6.07, 6.45) is 1.79. The van der Waals surface area contributed by atoms with Gasteiger partial charge in [0.1, 0.15) is 11.3 Å². The van der Waals surface area contributed by atoms with Crippen LogP contribution >= 0.6 is 0 Å². The van der Waals surface area contributed by atoms with Crippen LogP contribution in [0.1, 0.15) is 28.1 Å². The molecule has 0 N–H and O–H groups in total. The molecule has 0 saturated carbocycles. The van der Waals surface area contributed by atoms with Crippen molar-refractivity contribution in [1.82, 2.24) is 23.7 Å². The standard InChI is InChI=1S/C27H31N5O2S/c1-19-7-5-8-23(15-19)32-26(29-24-9-6-10-28-27(24)32)18-30-11-13-31(14-12-30)35(33,34)25-17-21(3)20(2)16-22(25)4/h5-10,15-17H,11-14,18H2,1-4H3. The van der Waals surface area contributed by atoms with Crippen LogP contribution in [0.15, 0.2) is 59.6 Å². The molecule has 1 fully saturated rings. The fourth-order valence-corrected chi connectivity index (χ4v) is 6.50. The van der Waals surface area contributed by atoms with Gasteiger partial charge in [-0.25, -0.2) is 18.4 Å². The molecule has 2 aromatic heterocycles. The molecule has 2 aromatic carbocycles. The molecular formula is C27H31N5O2S. The molecule has 1 aliphatic rings. The molecule has 0 aliphatic carbocycles. The zero-order valence-corrected chi connectivity index (χ0v) is 21.5. The summed E-state index contributed by atoms with van der Waals surface area (Å²) in [4.78, 5) is 12.2. The van der Waals surface area contributed by atoms with Crippen molar-refractivity contribution in [2.75, 3.05) is 26.2 Å². The average molecular weight is 490 g/mol. The Kier molecular flexibility index (Phi) is 6.21. The molecule has 0 radical (unpaired) electrons. The zero-order chi connectivity index (χ0) is 24.7. The Morgan fingerprint density at radius 3 is 2.34 bits per heavy atom. The minimum Gasteiger partial charge on any atom is -0.293 e. The second-order valence-corrected chi connectivity index (χ2v) is 11.3. The number of pyridine rings is 1. The molecule has 0 atom stereocenters. The molecule has 0 amide bonds. The summed E-state index contributed by atoms with van der Waals surface area (Å²) < 4.78 is 30.5. The van der Waals surface area contributed by atoms with Gasteiger partial charge < -0.3 is 0 Å². The number of piperazine rings is 1. The highest BCUT2D eigenvalue weighted by Gasteiger charge is 2.30. The summed E-state index contributed by atoms with van der Waals surface area (Å²) >= 11 is 0. The van der Waals surface area contributed by atoms with E-state index in [4.69, 9.17) is 4.98 Å². The molecule has 0 spiro atoms. The van der Waals surface area contributed by atoms with Gasteiger partial charge in [0.05, 0.1) is 11.4 Å². The highest BCUT2D eigenvalue weighted by atomic mass is 32.2. The van der Waals surface area contributed by atoms with E-state index >= 15 is 0 Å². The predicted molar refractivity (Wildman–Crippen MR) is 138 cm³/mol. The minimum absolute atomic E-state index is 0.418. The normalized spacial score (nSPS) is 15.7. The number of benzene rings is 2. The predicted octanol–water partition coefficient (Wildman–Crippen LogP) is 4.16. The third-order valence-corrected chi connectivity index (χ3v) is 8.89. The van der Waals surface area contributed by atoms with Gasteiger partial charge in [-0.05, 0) is 80.3 Å². The monoisotopic (exact) mass is 489 g/mol. The summed E-state index contributed by atoms with van der Waals surface area (Å²) in [6.45, 7) is 10.8. The third-order valence-electron chi connectivity index (χ3n) is 6.85. The van der Waals surface area contributed by atoms with Gasteiger partial charge in [0, 0.05) is 38.1 Å². The number of aromatic nitrogens is 3. The van der Waals surface area contributed by atoms with Crippen LogP contribution in [0.25, 0.3) is 16.9 Å². The van der Waals surface area contributed by atoms with Gasteiger partial charge in [-0.15, -0.1) is 0 Å². The van der Waals surface area contributed by atoms with Crippen molar-refractivity contribution >= 4 is 21.2 Å². The smallest absolute Gasteiger partial charge is 0.243 e. The summed E-state index contributed by atoms with van der Waals surface area (Å²) in [7, 11) is -3.53. The van der Waals surface area contributed by atoms with Crippen molar-refractivity contribution in [2.45, 2.75) is 39.1 Å². The Labute approximate surface area is 207 Å². The maximum atomic E-state index is 13.4. The average Bonchev–Trinajstić information content (AvgIpc) is 3.19. The molecule has 0 unspecified atom stereocenters. The van der Waals surface area contributed by atoms with Crippen molar-refractivity contribution in [3.05, 3.63) is 82.8 Å². The molecule has 0 bridgehead atoms. The Hall–Kier alpha value is -3.07. The third kappa shape index (κ3) is 4.49. The van der Waals surface area contributed by atoms with Gasteiger partial charge in [0.15, 0.2) is 5.65 Å². The van der Waals surface area contributed by atoms with Gasteiger partial charge in [-0.1, -0.05) is 18.2 Å². The highest BCUT2D eigenvalue weighted by Crippen LogP contribution is 2.26. The second-order valence-electron chi connectivity index (χ2n) is 9.43. The van der Waals surface area contributed by atoms with Crippen LogP contribution in [-0.4, -0.2) is 58.3 Å². The molecule has 8 heteroatoms. The summed E-state index contributed by atoms with van der Waals surface area (Å²) in [5.74, 6) is 0.908. The van der Waals surface area contributed by atoms with Crippen molar-refractivity contribution in [1.29, 1.82) is 0 Å². The molecule has 5 rings (SSSR count). The first-order valence-electron chi connectivity index (χ1n) is 11.9.